The molecule has 1 aromatic heterocycles. The third kappa shape index (κ3) is 3.22. The van der Waals surface area contributed by atoms with Gasteiger partial charge in [-0.3, -0.25) is 0 Å². The summed E-state index contributed by atoms with van der Waals surface area (Å²) in [6.45, 7) is 4.54. The predicted molar refractivity (Wildman–Crippen MR) is 68.9 cm³/mol. The molecular formula is C12H18ClN3O. The summed E-state index contributed by atoms with van der Waals surface area (Å²) in [7, 11) is 0. The minimum absolute atomic E-state index is 0.630. The summed E-state index contributed by atoms with van der Waals surface area (Å²) >= 11 is 5.87. The topological polar surface area (TPSA) is 38.2 Å². The van der Waals surface area contributed by atoms with Crippen molar-refractivity contribution in [1.82, 2.24) is 9.97 Å². The fourth-order valence-corrected chi connectivity index (χ4v) is 2.31. The van der Waals surface area contributed by atoms with Gasteiger partial charge in [0.05, 0.1) is 6.61 Å². The van der Waals surface area contributed by atoms with Crippen LogP contribution in [-0.2, 0) is 0 Å². The molecular weight excluding hydrogens is 238 g/mol. The maximum atomic E-state index is 5.87. The number of piperidine rings is 1. The van der Waals surface area contributed by atoms with E-state index in [1.54, 1.807) is 12.3 Å². The molecule has 1 saturated heterocycles. The van der Waals surface area contributed by atoms with Gasteiger partial charge >= 0.3 is 0 Å². The number of hydrogen-bond acceptors (Lipinski definition) is 4. The van der Waals surface area contributed by atoms with E-state index >= 15 is 0 Å². The zero-order valence-corrected chi connectivity index (χ0v) is 10.9. The van der Waals surface area contributed by atoms with E-state index in [2.05, 4.69) is 14.9 Å². The van der Waals surface area contributed by atoms with Crippen molar-refractivity contribution in [2.24, 2.45) is 5.92 Å². The fourth-order valence-electron chi connectivity index (χ4n) is 2.00. The second-order valence-electron chi connectivity index (χ2n) is 4.21. The lowest BCUT2D eigenvalue weighted by atomic mass is 9.99. The van der Waals surface area contributed by atoms with Crippen LogP contribution in [0, 0.1) is 5.92 Å². The predicted octanol–water partition coefficient (Wildman–Crippen LogP) is 2.33. The largest absolute Gasteiger partial charge is 0.478 e. The summed E-state index contributed by atoms with van der Waals surface area (Å²) in [6, 6.07) is 1.79. The van der Waals surface area contributed by atoms with E-state index in [1.165, 1.54) is 0 Å². The molecule has 0 atom stereocenters. The van der Waals surface area contributed by atoms with Crippen LogP contribution in [0.1, 0.15) is 19.8 Å². The molecule has 0 spiro atoms. The number of aromatic nitrogens is 2. The molecule has 0 aromatic carbocycles. The van der Waals surface area contributed by atoms with Crippen LogP contribution in [0.25, 0.3) is 0 Å². The molecule has 1 aliphatic heterocycles. The maximum Gasteiger partial charge on any atom is 0.228 e. The Morgan fingerprint density at radius 1 is 1.47 bits per heavy atom. The summed E-state index contributed by atoms with van der Waals surface area (Å²) < 4.78 is 5.38. The van der Waals surface area contributed by atoms with Gasteiger partial charge in [-0.05, 0) is 25.7 Å². The van der Waals surface area contributed by atoms with Crippen LogP contribution >= 0.6 is 11.6 Å². The summed E-state index contributed by atoms with van der Waals surface area (Å²) in [6.07, 6.45) is 3.98. The molecule has 4 nitrogen and oxygen atoms in total. The number of nitrogens with zero attached hydrogens (tertiary/aromatic N) is 3. The van der Waals surface area contributed by atoms with E-state index in [1.807, 2.05) is 6.92 Å². The van der Waals surface area contributed by atoms with Gasteiger partial charge in [-0.15, -0.1) is 11.6 Å². The first-order valence-corrected chi connectivity index (χ1v) is 6.63. The number of rotatable bonds is 4. The molecule has 0 N–H and O–H groups in total. The van der Waals surface area contributed by atoms with E-state index in [-0.39, 0.29) is 0 Å². The Labute approximate surface area is 107 Å². The monoisotopic (exact) mass is 255 g/mol. The lowest BCUT2D eigenvalue weighted by molar-refractivity contribution is 0.325. The number of hydrogen-bond donors (Lipinski definition) is 0. The van der Waals surface area contributed by atoms with E-state index < -0.39 is 0 Å². The van der Waals surface area contributed by atoms with Crippen molar-refractivity contribution in [2.75, 3.05) is 30.5 Å². The molecule has 0 amide bonds. The van der Waals surface area contributed by atoms with E-state index in [0.29, 0.717) is 18.4 Å². The molecule has 0 bridgehead atoms. The van der Waals surface area contributed by atoms with Crippen molar-refractivity contribution in [2.45, 2.75) is 19.8 Å². The second kappa shape index (κ2) is 6.05. The van der Waals surface area contributed by atoms with E-state index in [0.717, 1.165) is 37.8 Å². The highest BCUT2D eigenvalue weighted by atomic mass is 35.5. The zero-order valence-electron chi connectivity index (χ0n) is 10.1. The number of ether oxygens (including phenoxy) is 1. The molecule has 5 heteroatoms. The maximum absolute atomic E-state index is 5.87. The lowest BCUT2D eigenvalue weighted by Crippen LogP contribution is -2.35. The van der Waals surface area contributed by atoms with Crippen LogP contribution in [0.5, 0.6) is 5.88 Å². The average molecular weight is 256 g/mol. The molecule has 17 heavy (non-hydrogen) atoms. The first-order valence-electron chi connectivity index (χ1n) is 6.10. The van der Waals surface area contributed by atoms with Gasteiger partial charge in [0, 0.05) is 31.2 Å². The van der Waals surface area contributed by atoms with Gasteiger partial charge in [-0.1, -0.05) is 0 Å². The highest BCUT2D eigenvalue weighted by Gasteiger charge is 2.20. The molecule has 2 rings (SSSR count). The van der Waals surface area contributed by atoms with E-state index in [9.17, 15) is 0 Å². The van der Waals surface area contributed by atoms with Gasteiger partial charge < -0.3 is 9.64 Å². The van der Waals surface area contributed by atoms with Crippen molar-refractivity contribution >= 4 is 17.5 Å². The SMILES string of the molecule is CCOc1ccnc(N2CCC(CCl)CC2)n1. The highest BCUT2D eigenvalue weighted by Crippen LogP contribution is 2.22. The van der Waals surface area contributed by atoms with Gasteiger partial charge in [0.25, 0.3) is 0 Å². The smallest absolute Gasteiger partial charge is 0.228 e. The molecule has 2 heterocycles. The van der Waals surface area contributed by atoms with Crippen LogP contribution in [0.15, 0.2) is 12.3 Å². The van der Waals surface area contributed by atoms with Crippen LogP contribution in [0.3, 0.4) is 0 Å². The number of alkyl halides is 1. The molecule has 0 saturated carbocycles. The molecule has 0 unspecified atom stereocenters. The van der Waals surface area contributed by atoms with Crippen LogP contribution in [0.4, 0.5) is 5.95 Å². The first-order chi connectivity index (χ1) is 8.33. The van der Waals surface area contributed by atoms with E-state index in [4.69, 9.17) is 16.3 Å². The van der Waals surface area contributed by atoms with Crippen molar-refractivity contribution in [1.29, 1.82) is 0 Å². The third-order valence-electron chi connectivity index (χ3n) is 3.03. The minimum atomic E-state index is 0.630. The summed E-state index contributed by atoms with van der Waals surface area (Å²) in [5, 5.41) is 0. The zero-order chi connectivity index (χ0) is 12.1. The normalized spacial score (nSPS) is 17.2. The Morgan fingerprint density at radius 3 is 2.88 bits per heavy atom. The van der Waals surface area contributed by atoms with Crippen molar-refractivity contribution < 1.29 is 4.74 Å². The Bertz CT molecular complexity index is 353. The quantitative estimate of drug-likeness (QED) is 0.774. The summed E-state index contributed by atoms with van der Waals surface area (Å²) in [5.74, 6) is 2.82. The van der Waals surface area contributed by atoms with Gasteiger partial charge in [-0.2, -0.15) is 4.98 Å². The highest BCUT2D eigenvalue weighted by molar-refractivity contribution is 6.18. The Morgan fingerprint density at radius 2 is 2.24 bits per heavy atom. The molecule has 0 radical (unpaired) electrons. The Kier molecular flexibility index (Phi) is 4.42. The van der Waals surface area contributed by atoms with Gasteiger partial charge in [0.2, 0.25) is 11.8 Å². The summed E-state index contributed by atoms with van der Waals surface area (Å²) in [5.41, 5.74) is 0. The van der Waals surface area contributed by atoms with Crippen molar-refractivity contribution in [3.63, 3.8) is 0 Å². The molecule has 94 valence electrons. The van der Waals surface area contributed by atoms with Gasteiger partial charge in [0.1, 0.15) is 0 Å². The molecule has 1 aliphatic rings. The van der Waals surface area contributed by atoms with Crippen LogP contribution in [-0.4, -0.2) is 35.5 Å². The number of halogens is 1. The molecule has 0 aliphatic carbocycles. The van der Waals surface area contributed by atoms with Crippen LogP contribution in [0.2, 0.25) is 0 Å². The third-order valence-corrected chi connectivity index (χ3v) is 3.46. The fraction of sp³-hybridized carbons (Fsp3) is 0.667. The van der Waals surface area contributed by atoms with Gasteiger partial charge in [-0.25, -0.2) is 4.98 Å². The lowest BCUT2D eigenvalue weighted by Gasteiger charge is -2.31. The van der Waals surface area contributed by atoms with Crippen molar-refractivity contribution in [3.05, 3.63) is 12.3 Å². The Hall–Kier alpha value is -1.03. The van der Waals surface area contributed by atoms with Crippen molar-refractivity contribution in [3.8, 4) is 5.88 Å². The second-order valence-corrected chi connectivity index (χ2v) is 4.52. The van der Waals surface area contributed by atoms with Gasteiger partial charge in [0.15, 0.2) is 0 Å². The number of anilines is 1. The molecule has 1 fully saturated rings. The standard InChI is InChI=1S/C12H18ClN3O/c1-2-17-11-3-6-14-12(15-11)16-7-4-10(9-13)5-8-16/h3,6,10H,2,4-5,7-9H2,1H3. The Balaban J connectivity index is 2.00. The first kappa shape index (κ1) is 12.4. The molecule has 1 aromatic rings. The van der Waals surface area contributed by atoms with Crippen LogP contribution < -0.4 is 9.64 Å². The average Bonchev–Trinajstić information content (AvgIpc) is 2.40. The summed E-state index contributed by atoms with van der Waals surface area (Å²) in [4.78, 5) is 10.9. The minimum Gasteiger partial charge on any atom is -0.478 e.